The van der Waals surface area contributed by atoms with Gasteiger partial charge in [0.2, 0.25) is 5.91 Å². The van der Waals surface area contributed by atoms with Gasteiger partial charge < -0.3 is 15.8 Å². The fourth-order valence-corrected chi connectivity index (χ4v) is 2.22. The van der Waals surface area contributed by atoms with Gasteiger partial charge in [0.05, 0.1) is 12.5 Å². The normalized spacial score (nSPS) is 18.9. The van der Waals surface area contributed by atoms with Gasteiger partial charge in [-0.25, -0.2) is 0 Å². The van der Waals surface area contributed by atoms with Crippen LogP contribution < -0.4 is 11.1 Å². The Morgan fingerprint density at radius 3 is 2.95 bits per heavy atom. The lowest BCUT2D eigenvalue weighted by Gasteiger charge is -2.21. The van der Waals surface area contributed by atoms with Crippen molar-refractivity contribution in [2.75, 3.05) is 18.5 Å². The lowest BCUT2D eigenvalue weighted by Crippen LogP contribution is -2.30. The van der Waals surface area contributed by atoms with Crippen LogP contribution in [0.3, 0.4) is 0 Å². The highest BCUT2D eigenvalue weighted by Gasteiger charge is 2.22. The number of carbonyl (C=O) groups excluding carboxylic acids is 1. The molecule has 1 aliphatic rings. The second kappa shape index (κ2) is 6.12. The van der Waals surface area contributed by atoms with Gasteiger partial charge in [0.15, 0.2) is 0 Å². The molecule has 1 atom stereocenters. The number of rotatable bonds is 3. The van der Waals surface area contributed by atoms with Crippen LogP contribution in [-0.4, -0.2) is 24.1 Å². The number of amides is 1. The van der Waals surface area contributed by atoms with E-state index in [0.29, 0.717) is 11.6 Å². The van der Waals surface area contributed by atoms with Crippen molar-refractivity contribution in [1.82, 2.24) is 0 Å². The quantitative estimate of drug-likeness (QED) is 0.830. The molecule has 1 saturated heterocycles. The Morgan fingerprint density at radius 1 is 1.53 bits per heavy atom. The van der Waals surface area contributed by atoms with Crippen LogP contribution in [0, 0.1) is 12.8 Å². The average Bonchev–Trinajstić information content (AvgIpc) is 2.42. The molecule has 1 aromatic rings. The molecule has 102 valence electrons. The number of ether oxygens (including phenoxy) is 1. The van der Waals surface area contributed by atoms with Gasteiger partial charge in [-0.2, -0.15) is 0 Å². The molecule has 1 amide bonds. The maximum absolute atomic E-state index is 12.1. The van der Waals surface area contributed by atoms with E-state index in [1.54, 1.807) is 0 Å². The molecule has 19 heavy (non-hydrogen) atoms. The number of nitrogens with two attached hydrogens (primary N) is 1. The van der Waals surface area contributed by atoms with Crippen molar-refractivity contribution in [3.8, 4) is 0 Å². The van der Waals surface area contributed by atoms with E-state index >= 15 is 0 Å². The topological polar surface area (TPSA) is 64.3 Å². The summed E-state index contributed by atoms with van der Waals surface area (Å²) in [5.74, 6) is -0.0653. The number of anilines is 1. The standard InChI is InChI=1S/C14H18N2O2S/c1-9-4-5-10(13(15)19)7-12(9)16-14(17)11-3-2-6-18-8-11/h4-5,7,11H,2-3,6,8H2,1H3,(H2,15,19)(H,16,17). The van der Waals surface area contributed by atoms with E-state index in [0.717, 1.165) is 36.3 Å². The minimum absolute atomic E-state index is 0.00268. The maximum atomic E-state index is 12.1. The number of carbonyl (C=O) groups is 1. The Balaban J connectivity index is 2.11. The molecule has 1 unspecified atom stereocenters. The van der Waals surface area contributed by atoms with Gasteiger partial charge in [0.25, 0.3) is 0 Å². The molecule has 1 aliphatic heterocycles. The highest BCUT2D eigenvalue weighted by atomic mass is 32.1. The van der Waals surface area contributed by atoms with Crippen molar-refractivity contribution in [2.24, 2.45) is 11.7 Å². The van der Waals surface area contributed by atoms with Crippen molar-refractivity contribution >= 4 is 28.8 Å². The average molecular weight is 278 g/mol. The number of hydrogen-bond acceptors (Lipinski definition) is 3. The van der Waals surface area contributed by atoms with Gasteiger partial charge in [-0.15, -0.1) is 0 Å². The maximum Gasteiger partial charge on any atom is 0.229 e. The minimum Gasteiger partial charge on any atom is -0.389 e. The molecule has 0 radical (unpaired) electrons. The number of hydrogen-bond donors (Lipinski definition) is 2. The van der Waals surface area contributed by atoms with Gasteiger partial charge in [-0.05, 0) is 31.4 Å². The molecule has 5 heteroatoms. The van der Waals surface area contributed by atoms with E-state index in [4.69, 9.17) is 22.7 Å². The molecule has 0 aromatic heterocycles. The Hall–Kier alpha value is -1.46. The van der Waals surface area contributed by atoms with E-state index in [-0.39, 0.29) is 11.8 Å². The summed E-state index contributed by atoms with van der Waals surface area (Å²) >= 11 is 4.95. The number of thiocarbonyl (C=S) groups is 1. The molecular weight excluding hydrogens is 260 g/mol. The van der Waals surface area contributed by atoms with Crippen LogP contribution in [0.5, 0.6) is 0 Å². The molecule has 0 spiro atoms. The largest absolute Gasteiger partial charge is 0.389 e. The fraction of sp³-hybridized carbons (Fsp3) is 0.429. The summed E-state index contributed by atoms with van der Waals surface area (Å²) in [6, 6.07) is 5.58. The highest BCUT2D eigenvalue weighted by molar-refractivity contribution is 7.80. The molecule has 1 aromatic carbocycles. The molecule has 4 nitrogen and oxygen atoms in total. The Labute approximate surface area is 118 Å². The van der Waals surface area contributed by atoms with Crippen LogP contribution in [0.25, 0.3) is 0 Å². The first-order chi connectivity index (χ1) is 9.08. The molecule has 2 rings (SSSR count). The van der Waals surface area contributed by atoms with Gasteiger partial charge in [0.1, 0.15) is 4.99 Å². The van der Waals surface area contributed by atoms with Crippen molar-refractivity contribution < 1.29 is 9.53 Å². The van der Waals surface area contributed by atoms with Gasteiger partial charge in [-0.1, -0.05) is 24.4 Å². The first kappa shape index (κ1) is 14.0. The summed E-state index contributed by atoms with van der Waals surface area (Å²) in [5, 5.41) is 2.94. The Morgan fingerprint density at radius 2 is 2.32 bits per heavy atom. The van der Waals surface area contributed by atoms with Crippen molar-refractivity contribution in [3.05, 3.63) is 29.3 Å². The molecule has 0 aliphatic carbocycles. The zero-order chi connectivity index (χ0) is 13.8. The lowest BCUT2D eigenvalue weighted by molar-refractivity contribution is -0.123. The van der Waals surface area contributed by atoms with E-state index in [1.165, 1.54) is 0 Å². The third-order valence-electron chi connectivity index (χ3n) is 3.31. The summed E-state index contributed by atoms with van der Waals surface area (Å²) in [7, 11) is 0. The molecular formula is C14H18N2O2S. The highest BCUT2D eigenvalue weighted by Crippen LogP contribution is 2.20. The molecule has 1 heterocycles. The number of nitrogens with one attached hydrogen (secondary N) is 1. The number of aryl methyl sites for hydroxylation is 1. The van der Waals surface area contributed by atoms with Crippen LogP contribution in [0.2, 0.25) is 0 Å². The second-order valence-corrected chi connectivity index (χ2v) is 5.24. The zero-order valence-electron chi connectivity index (χ0n) is 10.9. The monoisotopic (exact) mass is 278 g/mol. The first-order valence-electron chi connectivity index (χ1n) is 6.37. The fourth-order valence-electron chi connectivity index (χ4n) is 2.09. The van der Waals surface area contributed by atoms with Crippen LogP contribution in [0.1, 0.15) is 24.0 Å². The summed E-state index contributed by atoms with van der Waals surface area (Å²) in [6.45, 7) is 3.19. The SMILES string of the molecule is Cc1ccc(C(N)=S)cc1NC(=O)C1CCCOC1. The van der Waals surface area contributed by atoms with E-state index < -0.39 is 0 Å². The summed E-state index contributed by atoms with van der Waals surface area (Å²) < 4.78 is 5.33. The van der Waals surface area contributed by atoms with Crippen LogP contribution >= 0.6 is 12.2 Å². The van der Waals surface area contributed by atoms with Crippen LogP contribution in [0.4, 0.5) is 5.69 Å². The lowest BCUT2D eigenvalue weighted by atomic mass is 10.0. The van der Waals surface area contributed by atoms with E-state index in [2.05, 4.69) is 5.32 Å². The number of benzene rings is 1. The smallest absolute Gasteiger partial charge is 0.229 e. The summed E-state index contributed by atoms with van der Waals surface area (Å²) in [6.07, 6.45) is 1.81. The Bertz CT molecular complexity index is 496. The second-order valence-electron chi connectivity index (χ2n) is 4.80. The summed E-state index contributed by atoms with van der Waals surface area (Å²) in [4.78, 5) is 12.5. The molecule has 1 fully saturated rings. The molecule has 3 N–H and O–H groups in total. The predicted octanol–water partition coefficient (Wildman–Crippen LogP) is 1.99. The van der Waals surface area contributed by atoms with Crippen molar-refractivity contribution in [3.63, 3.8) is 0 Å². The first-order valence-corrected chi connectivity index (χ1v) is 6.78. The van der Waals surface area contributed by atoms with Crippen molar-refractivity contribution in [1.29, 1.82) is 0 Å². The minimum atomic E-state index is -0.0679. The van der Waals surface area contributed by atoms with Gasteiger partial charge in [-0.3, -0.25) is 4.79 Å². The predicted molar refractivity (Wildman–Crippen MR) is 79.2 cm³/mol. The zero-order valence-corrected chi connectivity index (χ0v) is 11.8. The van der Waals surface area contributed by atoms with E-state index in [9.17, 15) is 4.79 Å². The third-order valence-corrected chi connectivity index (χ3v) is 3.55. The molecule has 0 saturated carbocycles. The van der Waals surface area contributed by atoms with Gasteiger partial charge in [0, 0.05) is 17.9 Å². The molecule has 0 bridgehead atoms. The van der Waals surface area contributed by atoms with Crippen LogP contribution in [0.15, 0.2) is 18.2 Å². The van der Waals surface area contributed by atoms with Crippen LogP contribution in [-0.2, 0) is 9.53 Å². The van der Waals surface area contributed by atoms with E-state index in [1.807, 2.05) is 25.1 Å². The summed E-state index contributed by atoms with van der Waals surface area (Å²) in [5.41, 5.74) is 8.12. The third kappa shape index (κ3) is 3.52. The van der Waals surface area contributed by atoms with Crippen molar-refractivity contribution in [2.45, 2.75) is 19.8 Å². The van der Waals surface area contributed by atoms with Gasteiger partial charge >= 0.3 is 0 Å². The Kier molecular flexibility index (Phi) is 4.50.